The van der Waals surface area contributed by atoms with E-state index in [1.165, 1.54) is 19.6 Å². The van der Waals surface area contributed by atoms with E-state index < -0.39 is 31.7 Å². The normalized spacial score (nSPS) is 14.8. The molecule has 0 aliphatic carbocycles. The van der Waals surface area contributed by atoms with Gasteiger partial charge in [-0.1, -0.05) is 54.3 Å². The third-order valence-electron chi connectivity index (χ3n) is 7.35. The fraction of sp³-hybridized carbons (Fsp3) is 0.452. The van der Waals surface area contributed by atoms with Gasteiger partial charge in [0.05, 0.1) is 50.6 Å². The van der Waals surface area contributed by atoms with Crippen molar-refractivity contribution in [3.63, 3.8) is 0 Å². The summed E-state index contributed by atoms with van der Waals surface area (Å²) in [5.74, 6) is -0.831. The van der Waals surface area contributed by atoms with E-state index in [1.807, 2.05) is 64.9 Å². The van der Waals surface area contributed by atoms with Crippen LogP contribution in [0, 0.1) is 0 Å². The van der Waals surface area contributed by atoms with Gasteiger partial charge in [0.1, 0.15) is 4.70 Å². The molecule has 0 radical (unpaired) electrons. The van der Waals surface area contributed by atoms with Crippen LogP contribution in [0.2, 0.25) is 0 Å². The molecule has 2 heterocycles. The largest absolute Gasteiger partial charge is 0.748 e. The Morgan fingerprint density at radius 2 is 1.50 bits per heavy atom. The Kier molecular flexibility index (Phi) is 13.9. The summed E-state index contributed by atoms with van der Waals surface area (Å²) in [5.41, 5.74) is 3.00. The molecule has 0 bridgehead atoms. The van der Waals surface area contributed by atoms with Gasteiger partial charge < -0.3 is 18.9 Å². The van der Waals surface area contributed by atoms with Crippen molar-refractivity contribution in [3.05, 3.63) is 70.2 Å². The number of nitrogens with one attached hydrogen (secondary N) is 1. The SMILES string of the molecule is CCC(/C=C1\Sc2ccccc2N1CCCS(=O)(=O)[O-])=C\c1sc2ccccc2[n+]1CCCS(=O)(=O)[O-].CC[NH+](CC)CC. The lowest BCUT2D eigenvalue weighted by Gasteiger charge is -2.21. The number of allylic oxidation sites excluding steroid dienone is 2. The highest BCUT2D eigenvalue weighted by Gasteiger charge is 2.25. The molecular formula is C31H43N3O6S4. The molecule has 0 amide bonds. The first-order valence-electron chi connectivity index (χ1n) is 15.0. The number of thiazole rings is 1. The van der Waals surface area contributed by atoms with Crippen molar-refractivity contribution in [2.45, 2.75) is 58.4 Å². The number of hydrogen-bond acceptors (Lipinski definition) is 9. The van der Waals surface area contributed by atoms with Crippen LogP contribution in [0.1, 0.15) is 52.0 Å². The molecule has 13 heteroatoms. The van der Waals surface area contributed by atoms with Crippen LogP contribution in [0.4, 0.5) is 5.69 Å². The number of para-hydroxylation sites is 2. The summed E-state index contributed by atoms with van der Waals surface area (Å²) in [7, 11) is -8.57. The highest BCUT2D eigenvalue weighted by atomic mass is 32.2. The molecule has 1 aromatic heterocycles. The molecule has 9 nitrogen and oxygen atoms in total. The molecule has 0 unspecified atom stereocenters. The summed E-state index contributed by atoms with van der Waals surface area (Å²) >= 11 is 3.19. The lowest BCUT2D eigenvalue weighted by atomic mass is 10.2. The Hall–Kier alpha value is -2.26. The monoisotopic (exact) mass is 681 g/mol. The van der Waals surface area contributed by atoms with E-state index in [0.717, 1.165) is 42.8 Å². The average Bonchev–Trinajstić information content (AvgIpc) is 3.50. The van der Waals surface area contributed by atoms with E-state index in [2.05, 4.69) is 32.9 Å². The molecule has 0 fully saturated rings. The number of hydrogen-bond donors (Lipinski definition) is 1. The number of benzene rings is 2. The van der Waals surface area contributed by atoms with Gasteiger partial charge in [0.15, 0.2) is 6.54 Å². The molecular weight excluding hydrogens is 639 g/mol. The molecule has 0 atom stereocenters. The van der Waals surface area contributed by atoms with Gasteiger partial charge in [0.2, 0.25) is 5.52 Å². The fourth-order valence-electron chi connectivity index (χ4n) is 4.89. The lowest BCUT2D eigenvalue weighted by Crippen LogP contribution is -3.11. The van der Waals surface area contributed by atoms with E-state index in [9.17, 15) is 25.9 Å². The van der Waals surface area contributed by atoms with Gasteiger partial charge in [-0.15, -0.1) is 0 Å². The Morgan fingerprint density at radius 3 is 2.11 bits per heavy atom. The Labute approximate surface area is 270 Å². The zero-order valence-corrected chi connectivity index (χ0v) is 29.1. The van der Waals surface area contributed by atoms with E-state index in [1.54, 1.807) is 28.0 Å². The molecule has 1 N–H and O–H groups in total. The molecule has 44 heavy (non-hydrogen) atoms. The quantitative estimate of drug-likeness (QED) is 0.198. The smallest absolute Gasteiger partial charge is 0.263 e. The second-order valence-corrected chi connectivity index (χ2v) is 15.5. The second kappa shape index (κ2) is 16.9. The maximum Gasteiger partial charge on any atom is 0.263 e. The molecule has 4 rings (SSSR count). The molecule has 242 valence electrons. The predicted octanol–water partition coefficient (Wildman–Crippen LogP) is 4.24. The summed E-state index contributed by atoms with van der Waals surface area (Å²) in [6.07, 6.45) is 5.33. The number of anilines is 1. The van der Waals surface area contributed by atoms with Gasteiger partial charge in [-0.05, 0) is 63.5 Å². The number of nitrogens with zero attached hydrogens (tertiary/aromatic N) is 2. The zero-order valence-electron chi connectivity index (χ0n) is 25.8. The first kappa shape index (κ1) is 36.2. The summed E-state index contributed by atoms with van der Waals surface area (Å²) in [6.45, 7) is 13.3. The van der Waals surface area contributed by atoms with Gasteiger partial charge in [-0.2, -0.15) is 4.57 Å². The minimum atomic E-state index is -4.29. The number of aromatic nitrogens is 1. The van der Waals surface area contributed by atoms with E-state index in [4.69, 9.17) is 0 Å². The number of fused-ring (bicyclic) bond motifs is 2. The van der Waals surface area contributed by atoms with Crippen LogP contribution >= 0.6 is 23.1 Å². The van der Waals surface area contributed by atoms with Gasteiger partial charge in [0.25, 0.3) is 5.01 Å². The van der Waals surface area contributed by atoms with E-state index in [0.29, 0.717) is 13.1 Å². The Morgan fingerprint density at radius 1 is 0.886 bits per heavy atom. The lowest BCUT2D eigenvalue weighted by molar-refractivity contribution is -0.894. The summed E-state index contributed by atoms with van der Waals surface area (Å²) in [6, 6.07) is 15.7. The second-order valence-electron chi connectivity index (χ2n) is 10.4. The number of quaternary nitrogens is 1. The Balaban J connectivity index is 0.000000676. The highest BCUT2D eigenvalue weighted by Crippen LogP contribution is 2.46. The molecule has 1 aliphatic heterocycles. The maximum absolute atomic E-state index is 11.1. The topological polar surface area (TPSA) is 126 Å². The van der Waals surface area contributed by atoms with Crippen LogP contribution in [0.3, 0.4) is 0 Å². The third-order valence-corrected chi connectivity index (χ3v) is 11.2. The standard InChI is InChI=1S/C25H28N2O6S4.C6H15N/c1-2-19(17-24-26(13-7-15-36(28,29)30)20-9-3-5-11-22(20)34-24)18-25-27(14-8-16-37(31,32)33)21-10-4-6-12-23(21)35-25;1-4-7(5-2)6-3/h3-6,9-12,17-18H,2,7-8,13-16H2,1H3,(H-,28,29,30,31,32,33);4-6H2,1-3H3. The van der Waals surface area contributed by atoms with Gasteiger partial charge in [-0.25, -0.2) is 16.8 Å². The van der Waals surface area contributed by atoms with Crippen LogP contribution in [0.5, 0.6) is 0 Å². The summed E-state index contributed by atoms with van der Waals surface area (Å²) in [5, 5.41) is 1.89. The van der Waals surface area contributed by atoms with Crippen molar-refractivity contribution in [2.24, 2.45) is 0 Å². The zero-order chi connectivity index (χ0) is 32.3. The molecule has 0 spiro atoms. The minimum Gasteiger partial charge on any atom is -0.748 e. The number of aryl methyl sites for hydroxylation is 1. The highest BCUT2D eigenvalue weighted by molar-refractivity contribution is 8.03. The van der Waals surface area contributed by atoms with Gasteiger partial charge in [0, 0.05) is 41.5 Å². The van der Waals surface area contributed by atoms with Gasteiger partial charge >= 0.3 is 0 Å². The first-order valence-corrected chi connectivity index (χ1v) is 19.8. The van der Waals surface area contributed by atoms with Crippen molar-refractivity contribution < 1.29 is 35.4 Å². The van der Waals surface area contributed by atoms with Crippen LogP contribution in [-0.2, 0) is 26.8 Å². The average molecular weight is 682 g/mol. The number of thioether (sulfide) groups is 1. The Bertz CT molecular complexity index is 1660. The van der Waals surface area contributed by atoms with Crippen LogP contribution in [0.25, 0.3) is 16.3 Å². The van der Waals surface area contributed by atoms with Crippen molar-refractivity contribution in [3.8, 4) is 0 Å². The number of rotatable bonds is 14. The van der Waals surface area contributed by atoms with Crippen LogP contribution in [-0.4, -0.2) is 63.6 Å². The van der Waals surface area contributed by atoms with Crippen LogP contribution < -0.4 is 14.4 Å². The van der Waals surface area contributed by atoms with E-state index in [-0.39, 0.29) is 12.8 Å². The first-order chi connectivity index (χ1) is 20.9. The van der Waals surface area contributed by atoms with Crippen molar-refractivity contribution in [1.82, 2.24) is 0 Å². The van der Waals surface area contributed by atoms with Crippen LogP contribution in [0.15, 0.2) is 70.1 Å². The minimum absolute atomic E-state index is 0.224. The van der Waals surface area contributed by atoms with E-state index >= 15 is 0 Å². The van der Waals surface area contributed by atoms with Crippen molar-refractivity contribution in [2.75, 3.05) is 42.6 Å². The third kappa shape index (κ3) is 11.0. The summed E-state index contributed by atoms with van der Waals surface area (Å²) < 4.78 is 70.0. The van der Waals surface area contributed by atoms with Crippen molar-refractivity contribution >= 4 is 65.3 Å². The molecule has 1 aliphatic rings. The molecule has 2 aromatic carbocycles. The maximum atomic E-state index is 11.1. The fourth-order valence-corrected chi connectivity index (χ4v) is 8.19. The predicted molar refractivity (Wildman–Crippen MR) is 179 cm³/mol. The summed E-state index contributed by atoms with van der Waals surface area (Å²) in [4.78, 5) is 4.79. The molecule has 3 aromatic rings. The molecule has 0 saturated heterocycles. The molecule has 0 saturated carbocycles. The van der Waals surface area contributed by atoms with Gasteiger partial charge in [-0.3, -0.25) is 0 Å². The van der Waals surface area contributed by atoms with Crippen molar-refractivity contribution in [1.29, 1.82) is 0 Å².